The lowest BCUT2D eigenvalue weighted by atomic mass is 10.5. The summed E-state index contributed by atoms with van der Waals surface area (Å²) < 4.78 is 13.0. The minimum absolute atomic E-state index is 0.667. The summed E-state index contributed by atoms with van der Waals surface area (Å²) in [5, 5.41) is 0. The van der Waals surface area contributed by atoms with Gasteiger partial charge in [0.15, 0.2) is 16.6 Å². The van der Waals surface area contributed by atoms with E-state index in [1.807, 2.05) is 0 Å². The second kappa shape index (κ2) is 9.60. The van der Waals surface area contributed by atoms with Crippen LogP contribution in [0, 0.1) is 0 Å². The average molecular weight is 347 g/mol. The highest BCUT2D eigenvalue weighted by molar-refractivity contribution is 6.81. The molecule has 0 aliphatic rings. The van der Waals surface area contributed by atoms with Gasteiger partial charge in [0.2, 0.25) is 0 Å². The van der Waals surface area contributed by atoms with Crippen molar-refractivity contribution in [1.29, 1.82) is 0 Å². The Kier molecular flexibility index (Phi) is 9.76. The van der Waals surface area contributed by atoms with Crippen LogP contribution in [0.4, 0.5) is 0 Å². The summed E-state index contributed by atoms with van der Waals surface area (Å²) in [6, 6.07) is 2.53. The van der Waals surface area contributed by atoms with Crippen LogP contribution in [-0.4, -0.2) is 29.8 Å². The lowest BCUT2D eigenvalue weighted by molar-refractivity contribution is 0.294. The lowest BCUT2D eigenvalue weighted by Gasteiger charge is -2.44. The lowest BCUT2D eigenvalue weighted by Crippen LogP contribution is -2.50. The molecule has 0 aromatic rings. The van der Waals surface area contributed by atoms with Crippen LogP contribution >= 0.6 is 0 Å². The van der Waals surface area contributed by atoms with E-state index in [0.717, 1.165) is 13.2 Å². The second-order valence-electron chi connectivity index (χ2n) is 7.89. The van der Waals surface area contributed by atoms with Gasteiger partial charge in [-0.2, -0.15) is 0 Å². The van der Waals surface area contributed by atoms with Gasteiger partial charge in [0.05, 0.1) is 0 Å². The van der Waals surface area contributed by atoms with Crippen LogP contribution in [0.2, 0.25) is 34.3 Å². The van der Waals surface area contributed by atoms with Crippen LogP contribution < -0.4 is 0 Å². The molecule has 0 fully saturated rings. The predicted molar refractivity (Wildman–Crippen MR) is 105 cm³/mol. The Morgan fingerprint density at radius 2 is 0.773 bits per heavy atom. The van der Waals surface area contributed by atoms with Crippen molar-refractivity contribution in [2.24, 2.45) is 0 Å². The standard InChI is InChI=1S/C18H42O2Si2/c1-11-19-21(15(3)4,16(5)6)13-14-22(17(7)8,18(9)10)20-12-2/h15-18H,11-14H2,1-10H3. The molecule has 0 bridgehead atoms. The van der Waals surface area contributed by atoms with Crippen molar-refractivity contribution in [2.75, 3.05) is 13.2 Å². The molecule has 2 nitrogen and oxygen atoms in total. The first kappa shape index (κ1) is 22.4. The van der Waals surface area contributed by atoms with Crippen LogP contribution in [0.25, 0.3) is 0 Å². The Hall–Kier alpha value is 0.354. The molecule has 22 heavy (non-hydrogen) atoms. The Labute approximate surface area is 142 Å². The highest BCUT2D eigenvalue weighted by Gasteiger charge is 2.47. The summed E-state index contributed by atoms with van der Waals surface area (Å²) in [6.45, 7) is 25.0. The van der Waals surface area contributed by atoms with Gasteiger partial charge in [-0.1, -0.05) is 55.4 Å². The molecule has 0 atom stereocenters. The zero-order valence-corrected chi connectivity index (χ0v) is 19.0. The van der Waals surface area contributed by atoms with Crippen molar-refractivity contribution in [1.82, 2.24) is 0 Å². The third-order valence-electron chi connectivity index (χ3n) is 5.64. The van der Waals surface area contributed by atoms with Crippen molar-refractivity contribution < 1.29 is 8.85 Å². The first-order valence-corrected chi connectivity index (χ1v) is 13.9. The molecular weight excluding hydrogens is 304 g/mol. The Morgan fingerprint density at radius 3 is 0.909 bits per heavy atom. The van der Waals surface area contributed by atoms with E-state index >= 15 is 0 Å². The van der Waals surface area contributed by atoms with Gasteiger partial charge in [0, 0.05) is 13.2 Å². The molecule has 0 rings (SSSR count). The summed E-state index contributed by atoms with van der Waals surface area (Å²) in [7, 11) is -3.45. The maximum atomic E-state index is 6.49. The first-order valence-electron chi connectivity index (χ1n) is 9.38. The predicted octanol–water partition coefficient (Wildman–Crippen LogP) is 6.59. The molecule has 0 spiro atoms. The summed E-state index contributed by atoms with van der Waals surface area (Å²) >= 11 is 0. The fourth-order valence-corrected chi connectivity index (χ4v) is 15.0. The van der Waals surface area contributed by atoms with Gasteiger partial charge in [-0.3, -0.25) is 0 Å². The van der Waals surface area contributed by atoms with Gasteiger partial charge in [-0.05, 0) is 48.1 Å². The number of hydrogen-bond acceptors (Lipinski definition) is 2. The maximum Gasteiger partial charge on any atom is 0.197 e. The summed E-state index contributed by atoms with van der Waals surface area (Å²) in [4.78, 5) is 0. The van der Waals surface area contributed by atoms with Gasteiger partial charge in [-0.15, -0.1) is 0 Å². The van der Waals surface area contributed by atoms with E-state index in [4.69, 9.17) is 8.85 Å². The Bertz CT molecular complexity index is 255. The molecule has 0 radical (unpaired) electrons. The smallest absolute Gasteiger partial charge is 0.197 e. The summed E-state index contributed by atoms with van der Waals surface area (Å²) in [5.41, 5.74) is 2.67. The van der Waals surface area contributed by atoms with Crippen molar-refractivity contribution in [3.63, 3.8) is 0 Å². The highest BCUT2D eigenvalue weighted by atomic mass is 28.4. The fourth-order valence-electron chi connectivity index (χ4n) is 4.23. The maximum absolute atomic E-state index is 6.49. The first-order chi connectivity index (χ1) is 10.1. The van der Waals surface area contributed by atoms with E-state index < -0.39 is 16.6 Å². The minimum atomic E-state index is -1.73. The molecule has 0 amide bonds. The Balaban J connectivity index is 5.44. The van der Waals surface area contributed by atoms with Crippen molar-refractivity contribution in [3.05, 3.63) is 0 Å². The third kappa shape index (κ3) is 4.92. The number of hydrogen-bond donors (Lipinski definition) is 0. The second-order valence-corrected chi connectivity index (χ2v) is 17.9. The fraction of sp³-hybridized carbons (Fsp3) is 1.00. The van der Waals surface area contributed by atoms with Gasteiger partial charge in [0.25, 0.3) is 0 Å². The molecule has 134 valence electrons. The van der Waals surface area contributed by atoms with E-state index in [1.165, 1.54) is 12.1 Å². The monoisotopic (exact) mass is 346 g/mol. The molecule has 0 saturated carbocycles. The van der Waals surface area contributed by atoms with Crippen LogP contribution in [0.3, 0.4) is 0 Å². The highest BCUT2D eigenvalue weighted by Crippen LogP contribution is 2.44. The molecule has 0 aromatic carbocycles. The summed E-state index contributed by atoms with van der Waals surface area (Å²) in [5.74, 6) is 0. The average Bonchev–Trinajstić information content (AvgIpc) is 2.40. The topological polar surface area (TPSA) is 18.5 Å². The molecule has 0 saturated heterocycles. The van der Waals surface area contributed by atoms with Crippen LogP contribution in [0.15, 0.2) is 0 Å². The van der Waals surface area contributed by atoms with Gasteiger partial charge < -0.3 is 8.85 Å². The van der Waals surface area contributed by atoms with Crippen molar-refractivity contribution >= 4 is 16.6 Å². The molecule has 0 aromatic heterocycles. The van der Waals surface area contributed by atoms with Crippen molar-refractivity contribution in [2.45, 2.75) is 103 Å². The molecule has 0 N–H and O–H groups in total. The van der Waals surface area contributed by atoms with E-state index in [9.17, 15) is 0 Å². The third-order valence-corrected chi connectivity index (χ3v) is 17.7. The quantitative estimate of drug-likeness (QED) is 0.393. The summed E-state index contributed by atoms with van der Waals surface area (Å²) in [6.07, 6.45) is 0. The largest absolute Gasteiger partial charge is 0.417 e. The van der Waals surface area contributed by atoms with Gasteiger partial charge >= 0.3 is 0 Å². The molecule has 0 unspecified atom stereocenters. The SMILES string of the molecule is CCO[Si](CC[Si](OCC)(C(C)C)C(C)C)(C(C)C)C(C)C. The molecule has 0 aliphatic carbocycles. The number of rotatable bonds is 11. The van der Waals surface area contributed by atoms with Crippen LogP contribution in [0.5, 0.6) is 0 Å². The normalized spacial score (nSPS) is 13.9. The van der Waals surface area contributed by atoms with E-state index in [-0.39, 0.29) is 0 Å². The van der Waals surface area contributed by atoms with Crippen molar-refractivity contribution in [3.8, 4) is 0 Å². The zero-order valence-electron chi connectivity index (χ0n) is 17.0. The Morgan fingerprint density at radius 1 is 0.545 bits per heavy atom. The molecular formula is C18H42O2Si2. The molecule has 4 heteroatoms. The van der Waals surface area contributed by atoms with Gasteiger partial charge in [0.1, 0.15) is 0 Å². The van der Waals surface area contributed by atoms with E-state index in [0.29, 0.717) is 22.2 Å². The van der Waals surface area contributed by atoms with E-state index in [2.05, 4.69) is 69.2 Å². The zero-order chi connectivity index (χ0) is 17.6. The minimum Gasteiger partial charge on any atom is -0.417 e. The van der Waals surface area contributed by atoms with Crippen LogP contribution in [-0.2, 0) is 8.85 Å². The van der Waals surface area contributed by atoms with Gasteiger partial charge in [-0.25, -0.2) is 0 Å². The molecule has 0 heterocycles. The molecule has 0 aliphatic heterocycles. The van der Waals surface area contributed by atoms with Crippen LogP contribution in [0.1, 0.15) is 69.2 Å². The van der Waals surface area contributed by atoms with E-state index in [1.54, 1.807) is 0 Å².